The van der Waals surface area contributed by atoms with Gasteiger partial charge in [-0.05, 0) is 74.4 Å². The van der Waals surface area contributed by atoms with Crippen molar-refractivity contribution in [2.24, 2.45) is 10.4 Å². The van der Waals surface area contributed by atoms with E-state index in [-0.39, 0.29) is 37.9 Å². The zero-order valence-corrected chi connectivity index (χ0v) is 40.3. The summed E-state index contributed by atoms with van der Waals surface area (Å²) >= 11 is 3.18. The first-order valence-electron chi connectivity index (χ1n) is 22.1. The smallest absolute Gasteiger partial charge is 0.306 e. The third-order valence-electron chi connectivity index (χ3n) is 12.4. The van der Waals surface area contributed by atoms with Crippen LogP contribution in [0.1, 0.15) is 97.1 Å². The number of aliphatic carboxylic acids is 1. The number of carboxylic acids is 1. The van der Waals surface area contributed by atoms with Crippen molar-refractivity contribution in [3.8, 4) is 26.6 Å². The van der Waals surface area contributed by atoms with E-state index in [1.165, 1.54) is 4.90 Å². The summed E-state index contributed by atoms with van der Waals surface area (Å²) in [6.07, 6.45) is 0.655. The Balaban J connectivity index is 0.902. The number of nitrogens with zero attached hydrogens (tertiary/aromatic N) is 7. The van der Waals surface area contributed by atoms with E-state index in [4.69, 9.17) is 4.99 Å². The van der Waals surface area contributed by atoms with Gasteiger partial charge in [-0.3, -0.25) is 28.7 Å². The van der Waals surface area contributed by atoms with Crippen LogP contribution in [0.25, 0.3) is 26.6 Å². The highest BCUT2D eigenvalue weighted by molar-refractivity contribution is 7.15. The summed E-state index contributed by atoms with van der Waals surface area (Å²) in [5.41, 5.74) is 9.21. The number of benzene rings is 2. The average molecular weight is 943 g/mol. The first-order valence-corrected chi connectivity index (χ1v) is 23.8. The van der Waals surface area contributed by atoms with Crippen molar-refractivity contribution in [1.29, 1.82) is 0 Å². The van der Waals surface area contributed by atoms with Crippen LogP contribution in [0.5, 0.6) is 0 Å². The standard InChI is InChI=1S/C49H54N10O6S2/c1-25-28(4)67-48-41(25)42(54-36(20-40(62)63)45-57-56-29(5)59(45)48)32-13-11-31(12-14-32)34-17-18-38(50-21-34)51-22-39(61)55-44(49(6,7)8)47(65)58-23-35(60)19-37(58)46(64)53-26(2)30-9-15-33(16-10-30)43-27(3)52-24-66-43/h9-18,21,24,26,35-37,44,60H,19-20,22-23H2,1-8H3,(H,50,51)(H,53,64)(H,55,61)(H,62,63)/t26-,35+,36-,37-,44+/m0/s1. The van der Waals surface area contributed by atoms with Crippen LogP contribution in [-0.4, -0.2) is 101 Å². The lowest BCUT2D eigenvalue weighted by Crippen LogP contribution is -2.58. The van der Waals surface area contributed by atoms with Gasteiger partial charge in [0.15, 0.2) is 5.82 Å². The summed E-state index contributed by atoms with van der Waals surface area (Å²) in [7, 11) is 0. The molecular weight excluding hydrogens is 889 g/mol. The summed E-state index contributed by atoms with van der Waals surface area (Å²) in [6, 6.07) is 16.4. The molecule has 4 aromatic heterocycles. The molecule has 3 amide bonds. The second-order valence-electron chi connectivity index (χ2n) is 18.2. The zero-order valence-electron chi connectivity index (χ0n) is 38.6. The normalized spacial score (nSPS) is 17.7. The molecule has 1 saturated heterocycles. The number of carboxylic acid groups (broad SMARTS) is 1. The van der Waals surface area contributed by atoms with E-state index in [1.54, 1.807) is 34.9 Å². The van der Waals surface area contributed by atoms with E-state index in [2.05, 4.69) is 43.0 Å². The van der Waals surface area contributed by atoms with Crippen LogP contribution in [0.15, 0.2) is 77.4 Å². The lowest BCUT2D eigenvalue weighted by Gasteiger charge is -2.35. The van der Waals surface area contributed by atoms with Gasteiger partial charge < -0.3 is 31.1 Å². The molecule has 18 heteroatoms. The van der Waals surface area contributed by atoms with E-state index in [0.29, 0.717) is 23.2 Å². The number of aliphatic imine (C=N–C) groups is 1. The van der Waals surface area contributed by atoms with Crippen LogP contribution in [-0.2, 0) is 19.2 Å². The van der Waals surface area contributed by atoms with Gasteiger partial charge in [0.05, 0.1) is 46.9 Å². The summed E-state index contributed by atoms with van der Waals surface area (Å²) in [5.74, 6) is -0.638. The SMILES string of the molecule is Cc1ncsc1-c1ccc([C@H](C)NC(=O)[C@@H]2C[C@@H](O)CN2C(=O)[C@@H](NC(=O)CNc2ccc(-c3ccc(C4=N[C@@H](CC(=O)O)c5nnc(C)n5-c5sc(C)c(C)c54)cc3)cn2)C(C)(C)C)cc1. The maximum absolute atomic E-state index is 14.2. The molecule has 0 bridgehead atoms. The second kappa shape index (κ2) is 18.9. The van der Waals surface area contributed by atoms with Crippen molar-refractivity contribution >= 4 is 57.9 Å². The number of β-amino-alcohol motifs (C(OH)–C–C–N with tert-alkyl or cyclic N) is 1. The van der Waals surface area contributed by atoms with Crippen LogP contribution in [0.4, 0.5) is 5.82 Å². The Labute approximate surface area is 396 Å². The second-order valence-corrected chi connectivity index (χ2v) is 20.3. The molecule has 1 fully saturated rings. The number of hydrogen-bond acceptors (Lipinski definition) is 13. The molecule has 8 rings (SSSR count). The topological polar surface area (TPSA) is 217 Å². The Kier molecular flexibility index (Phi) is 13.2. The predicted molar refractivity (Wildman–Crippen MR) is 259 cm³/mol. The molecule has 0 unspecified atom stereocenters. The molecule has 6 heterocycles. The highest BCUT2D eigenvalue weighted by atomic mass is 32.1. The van der Waals surface area contributed by atoms with Crippen molar-refractivity contribution in [3.05, 3.63) is 117 Å². The first-order chi connectivity index (χ1) is 31.9. The van der Waals surface area contributed by atoms with E-state index in [1.807, 2.05) is 113 Å². The first kappa shape index (κ1) is 46.9. The van der Waals surface area contributed by atoms with E-state index < -0.39 is 47.4 Å². The van der Waals surface area contributed by atoms with Gasteiger partial charge in [-0.1, -0.05) is 69.3 Å². The molecule has 67 heavy (non-hydrogen) atoms. The summed E-state index contributed by atoms with van der Waals surface area (Å²) in [6.45, 7) is 15.1. The third-order valence-corrected chi connectivity index (χ3v) is 14.5. The number of carbonyl (C=O) groups excluding carboxylic acids is 3. The number of rotatable bonds is 13. The number of thiophene rings is 1. The van der Waals surface area contributed by atoms with Crippen LogP contribution >= 0.6 is 22.7 Å². The van der Waals surface area contributed by atoms with Crippen molar-refractivity contribution in [2.75, 3.05) is 18.4 Å². The lowest BCUT2D eigenvalue weighted by molar-refractivity contribution is -0.144. The van der Waals surface area contributed by atoms with Gasteiger partial charge in [0, 0.05) is 40.7 Å². The van der Waals surface area contributed by atoms with Crippen molar-refractivity contribution < 1.29 is 29.4 Å². The van der Waals surface area contributed by atoms with Gasteiger partial charge in [0.1, 0.15) is 34.8 Å². The van der Waals surface area contributed by atoms with Gasteiger partial charge >= 0.3 is 5.97 Å². The Morgan fingerprint density at radius 2 is 1.57 bits per heavy atom. The number of pyridine rings is 1. The molecule has 2 aliphatic heterocycles. The minimum atomic E-state index is -0.990. The molecule has 348 valence electrons. The molecule has 5 N–H and O–H groups in total. The summed E-state index contributed by atoms with van der Waals surface area (Å²) in [5, 5.41) is 39.0. The number of likely N-dealkylation sites (tertiary alicyclic amines) is 1. The van der Waals surface area contributed by atoms with E-state index in [0.717, 1.165) is 59.4 Å². The van der Waals surface area contributed by atoms with Crippen molar-refractivity contribution in [2.45, 2.75) is 98.5 Å². The number of aliphatic hydroxyl groups is 1. The van der Waals surface area contributed by atoms with E-state index in [9.17, 15) is 29.4 Å². The fourth-order valence-electron chi connectivity index (χ4n) is 8.58. The average Bonchev–Trinajstić information content (AvgIpc) is 4.06. The fraction of sp³-hybridized carbons (Fsp3) is 0.367. The molecule has 0 saturated carbocycles. The number of aryl methyl sites for hydroxylation is 3. The zero-order chi connectivity index (χ0) is 47.9. The van der Waals surface area contributed by atoms with Gasteiger partial charge in [-0.15, -0.1) is 32.9 Å². The molecule has 0 aliphatic carbocycles. The molecule has 0 spiro atoms. The highest BCUT2D eigenvalue weighted by Crippen LogP contribution is 2.40. The number of aliphatic hydroxyl groups excluding tert-OH is 1. The third kappa shape index (κ3) is 9.78. The predicted octanol–water partition coefficient (Wildman–Crippen LogP) is 6.90. The Morgan fingerprint density at radius 3 is 2.21 bits per heavy atom. The molecule has 16 nitrogen and oxygen atoms in total. The number of fused-ring (bicyclic) bond motifs is 3. The van der Waals surface area contributed by atoms with Crippen LogP contribution in [0.2, 0.25) is 0 Å². The van der Waals surface area contributed by atoms with Crippen molar-refractivity contribution in [1.82, 2.24) is 40.3 Å². The minimum absolute atomic E-state index is 0.0326. The number of nitrogens with one attached hydrogen (secondary N) is 3. The van der Waals surface area contributed by atoms with Crippen molar-refractivity contribution in [3.63, 3.8) is 0 Å². The van der Waals surface area contributed by atoms with Gasteiger partial charge in [0.2, 0.25) is 17.7 Å². The van der Waals surface area contributed by atoms with Gasteiger partial charge in [0.25, 0.3) is 0 Å². The number of thiazole rings is 1. The summed E-state index contributed by atoms with van der Waals surface area (Å²) in [4.78, 5) is 70.9. The molecule has 0 radical (unpaired) electrons. The number of amides is 3. The molecule has 2 aliphatic rings. The molecule has 2 aromatic carbocycles. The maximum atomic E-state index is 14.2. The molecular formula is C49H54N10O6S2. The Bertz CT molecular complexity index is 2860. The van der Waals surface area contributed by atoms with Crippen LogP contribution in [0.3, 0.4) is 0 Å². The Hall–Kier alpha value is -6.63. The number of anilines is 1. The van der Waals surface area contributed by atoms with E-state index >= 15 is 0 Å². The van der Waals surface area contributed by atoms with Crippen LogP contribution < -0.4 is 16.0 Å². The summed E-state index contributed by atoms with van der Waals surface area (Å²) < 4.78 is 1.93. The number of aromatic nitrogens is 5. The highest BCUT2D eigenvalue weighted by Gasteiger charge is 2.45. The Morgan fingerprint density at radius 1 is 0.881 bits per heavy atom. The molecule has 6 aromatic rings. The molecule has 5 atom stereocenters. The lowest BCUT2D eigenvalue weighted by atomic mass is 9.85. The van der Waals surface area contributed by atoms with Gasteiger partial charge in [-0.25, -0.2) is 9.97 Å². The monoisotopic (exact) mass is 942 g/mol. The maximum Gasteiger partial charge on any atom is 0.306 e. The fourth-order valence-corrected chi connectivity index (χ4v) is 10.6. The largest absolute Gasteiger partial charge is 0.481 e. The quantitative estimate of drug-likeness (QED) is 0.0803. The number of hydrogen-bond donors (Lipinski definition) is 5. The van der Waals surface area contributed by atoms with Gasteiger partial charge in [-0.2, -0.15) is 0 Å². The minimum Gasteiger partial charge on any atom is -0.481 e. The van der Waals surface area contributed by atoms with Crippen LogP contribution in [0, 0.1) is 33.1 Å². The number of carbonyl (C=O) groups is 4.